The van der Waals surface area contributed by atoms with Crippen LogP contribution in [0.25, 0.3) is 11.0 Å². The van der Waals surface area contributed by atoms with E-state index in [9.17, 15) is 0 Å². The van der Waals surface area contributed by atoms with E-state index in [-0.39, 0.29) is 0 Å². The highest BCUT2D eigenvalue weighted by Gasteiger charge is 2.07. The molecule has 0 aliphatic carbocycles. The number of ether oxygens (including phenoxy) is 2. The van der Waals surface area contributed by atoms with Crippen molar-refractivity contribution in [2.24, 2.45) is 0 Å². The Labute approximate surface area is 126 Å². The third-order valence-corrected chi connectivity index (χ3v) is 3.33. The Morgan fingerprint density at radius 1 is 1.05 bits per heavy atom. The number of benzene rings is 2. The largest absolute Gasteiger partial charge is 0.493 e. The molecule has 2 aromatic carbocycles. The lowest BCUT2D eigenvalue weighted by molar-refractivity contribution is 0.355. The second-order valence-corrected chi connectivity index (χ2v) is 4.88. The first-order valence-corrected chi connectivity index (χ1v) is 6.71. The fourth-order valence-corrected chi connectivity index (χ4v) is 2.26. The van der Waals surface area contributed by atoms with Crippen molar-refractivity contribution in [1.29, 1.82) is 0 Å². The molecule has 6 heteroatoms. The fourth-order valence-electron chi connectivity index (χ4n) is 2.09. The van der Waals surface area contributed by atoms with Crippen molar-refractivity contribution in [2.45, 2.75) is 0 Å². The summed E-state index contributed by atoms with van der Waals surface area (Å²) in [4.78, 5) is 7.62. The zero-order valence-electron chi connectivity index (χ0n) is 11.6. The van der Waals surface area contributed by atoms with Gasteiger partial charge in [0.1, 0.15) is 0 Å². The van der Waals surface area contributed by atoms with Gasteiger partial charge in [-0.05, 0) is 30.3 Å². The second kappa shape index (κ2) is 5.54. The second-order valence-electron chi connectivity index (χ2n) is 4.44. The maximum atomic E-state index is 5.96. The highest BCUT2D eigenvalue weighted by Crippen LogP contribution is 2.31. The van der Waals surface area contributed by atoms with Crippen LogP contribution in [0.1, 0.15) is 0 Å². The average molecular weight is 304 g/mol. The molecule has 0 fully saturated rings. The molecule has 0 spiro atoms. The van der Waals surface area contributed by atoms with Gasteiger partial charge in [0.05, 0.1) is 25.3 Å². The van der Waals surface area contributed by atoms with Crippen molar-refractivity contribution in [3.05, 3.63) is 41.4 Å². The lowest BCUT2D eigenvalue weighted by Crippen LogP contribution is -1.95. The van der Waals surface area contributed by atoms with Gasteiger partial charge in [0.25, 0.3) is 0 Å². The van der Waals surface area contributed by atoms with Crippen LogP contribution in [-0.2, 0) is 0 Å². The number of hydrogen-bond acceptors (Lipinski definition) is 4. The lowest BCUT2D eigenvalue weighted by atomic mass is 10.3. The van der Waals surface area contributed by atoms with Crippen LogP contribution in [0.4, 0.5) is 11.6 Å². The molecule has 0 bridgehead atoms. The molecular formula is C15H14ClN3O2. The van der Waals surface area contributed by atoms with Gasteiger partial charge < -0.3 is 19.8 Å². The van der Waals surface area contributed by atoms with Gasteiger partial charge in [0, 0.05) is 16.8 Å². The van der Waals surface area contributed by atoms with Crippen molar-refractivity contribution in [3.8, 4) is 11.5 Å². The van der Waals surface area contributed by atoms with Crippen LogP contribution in [0.3, 0.4) is 0 Å². The molecule has 2 N–H and O–H groups in total. The Hall–Kier alpha value is -2.40. The van der Waals surface area contributed by atoms with E-state index >= 15 is 0 Å². The summed E-state index contributed by atoms with van der Waals surface area (Å²) in [5.41, 5.74) is 2.57. The van der Waals surface area contributed by atoms with Gasteiger partial charge in [-0.25, -0.2) is 4.98 Å². The highest BCUT2D eigenvalue weighted by molar-refractivity contribution is 6.31. The maximum absolute atomic E-state index is 5.96. The summed E-state index contributed by atoms with van der Waals surface area (Å²) < 4.78 is 10.5. The number of aromatic amines is 1. The molecule has 1 heterocycles. The third kappa shape index (κ3) is 2.73. The van der Waals surface area contributed by atoms with E-state index in [1.54, 1.807) is 14.2 Å². The van der Waals surface area contributed by atoms with E-state index in [1.807, 2.05) is 36.4 Å². The van der Waals surface area contributed by atoms with Crippen molar-refractivity contribution in [3.63, 3.8) is 0 Å². The summed E-state index contributed by atoms with van der Waals surface area (Å²) in [6.07, 6.45) is 0. The highest BCUT2D eigenvalue weighted by atomic mass is 35.5. The third-order valence-electron chi connectivity index (χ3n) is 3.09. The van der Waals surface area contributed by atoms with E-state index in [2.05, 4.69) is 15.3 Å². The Balaban J connectivity index is 1.91. The average Bonchev–Trinajstić information content (AvgIpc) is 2.88. The van der Waals surface area contributed by atoms with Crippen molar-refractivity contribution < 1.29 is 9.47 Å². The van der Waals surface area contributed by atoms with E-state index in [4.69, 9.17) is 21.1 Å². The molecule has 0 amide bonds. The first-order chi connectivity index (χ1) is 10.2. The molecule has 0 saturated carbocycles. The predicted molar refractivity (Wildman–Crippen MR) is 83.9 cm³/mol. The van der Waals surface area contributed by atoms with Crippen LogP contribution >= 0.6 is 11.6 Å². The minimum absolute atomic E-state index is 0.638. The number of halogens is 1. The van der Waals surface area contributed by atoms with Crippen LogP contribution in [-0.4, -0.2) is 24.2 Å². The number of fused-ring (bicyclic) bond motifs is 1. The number of imidazole rings is 1. The molecule has 1 aromatic heterocycles. The number of nitrogens with zero attached hydrogens (tertiary/aromatic N) is 1. The van der Waals surface area contributed by atoms with Gasteiger partial charge in [-0.2, -0.15) is 0 Å². The monoisotopic (exact) mass is 303 g/mol. The van der Waals surface area contributed by atoms with Crippen molar-refractivity contribution in [1.82, 2.24) is 9.97 Å². The van der Waals surface area contributed by atoms with E-state index < -0.39 is 0 Å². The maximum Gasteiger partial charge on any atom is 0.205 e. The minimum atomic E-state index is 0.638. The minimum Gasteiger partial charge on any atom is -0.493 e. The number of rotatable bonds is 4. The smallest absolute Gasteiger partial charge is 0.205 e. The molecule has 0 aliphatic heterocycles. The number of nitrogens with one attached hydrogen (secondary N) is 2. The Morgan fingerprint density at radius 2 is 1.86 bits per heavy atom. The number of hydrogen-bond donors (Lipinski definition) is 2. The Bertz CT molecular complexity index is 786. The van der Waals surface area contributed by atoms with E-state index in [0.717, 1.165) is 16.7 Å². The van der Waals surface area contributed by atoms with E-state index in [1.165, 1.54) is 0 Å². The molecule has 0 aliphatic rings. The first-order valence-electron chi connectivity index (χ1n) is 6.34. The van der Waals surface area contributed by atoms with E-state index in [0.29, 0.717) is 22.5 Å². The van der Waals surface area contributed by atoms with Gasteiger partial charge >= 0.3 is 0 Å². The predicted octanol–water partition coefficient (Wildman–Crippen LogP) is 3.98. The zero-order chi connectivity index (χ0) is 14.8. The van der Waals surface area contributed by atoms with Crippen LogP contribution in [0.15, 0.2) is 36.4 Å². The summed E-state index contributed by atoms with van der Waals surface area (Å²) in [5.74, 6) is 1.97. The van der Waals surface area contributed by atoms with Crippen LogP contribution in [0.2, 0.25) is 5.02 Å². The lowest BCUT2D eigenvalue weighted by Gasteiger charge is -2.09. The summed E-state index contributed by atoms with van der Waals surface area (Å²) in [6, 6.07) is 11.1. The summed E-state index contributed by atoms with van der Waals surface area (Å²) in [5, 5.41) is 3.86. The molecule has 108 valence electrons. The van der Waals surface area contributed by atoms with Crippen LogP contribution in [0.5, 0.6) is 11.5 Å². The Kier molecular flexibility index (Phi) is 3.58. The van der Waals surface area contributed by atoms with Gasteiger partial charge in [0.2, 0.25) is 5.95 Å². The molecule has 0 radical (unpaired) electrons. The Morgan fingerprint density at radius 3 is 2.62 bits per heavy atom. The standard InChI is InChI=1S/C15H14ClN3O2/c1-20-13-6-4-10(8-14(13)21-2)17-15-18-11-5-3-9(16)7-12(11)19-15/h3-8H,1-2H3,(H2,17,18,19). The molecular weight excluding hydrogens is 290 g/mol. The summed E-state index contributed by atoms with van der Waals surface area (Å²) in [6.45, 7) is 0. The molecule has 0 atom stereocenters. The summed E-state index contributed by atoms with van der Waals surface area (Å²) >= 11 is 5.96. The number of anilines is 2. The van der Waals surface area contributed by atoms with Gasteiger partial charge in [-0.15, -0.1) is 0 Å². The molecule has 0 saturated heterocycles. The molecule has 3 rings (SSSR count). The normalized spacial score (nSPS) is 10.6. The number of methoxy groups -OCH3 is 2. The zero-order valence-corrected chi connectivity index (χ0v) is 12.4. The molecule has 3 aromatic rings. The fraction of sp³-hybridized carbons (Fsp3) is 0.133. The SMILES string of the molecule is COc1ccc(Nc2nc3ccc(Cl)cc3[nH]2)cc1OC. The molecule has 5 nitrogen and oxygen atoms in total. The van der Waals surface area contributed by atoms with Gasteiger partial charge in [0.15, 0.2) is 11.5 Å². The van der Waals surface area contributed by atoms with Crippen LogP contribution < -0.4 is 14.8 Å². The van der Waals surface area contributed by atoms with Crippen molar-refractivity contribution >= 4 is 34.3 Å². The first kappa shape index (κ1) is 13.6. The van der Waals surface area contributed by atoms with Gasteiger partial charge in [-0.1, -0.05) is 11.6 Å². The topological polar surface area (TPSA) is 59.2 Å². The summed E-state index contributed by atoms with van der Waals surface area (Å²) in [7, 11) is 3.21. The number of H-pyrrole nitrogens is 1. The number of aromatic nitrogens is 2. The van der Waals surface area contributed by atoms with Gasteiger partial charge in [-0.3, -0.25) is 0 Å². The van der Waals surface area contributed by atoms with Crippen molar-refractivity contribution in [2.75, 3.05) is 19.5 Å². The molecule has 0 unspecified atom stereocenters. The molecule has 21 heavy (non-hydrogen) atoms. The van der Waals surface area contributed by atoms with Crippen LogP contribution in [0, 0.1) is 0 Å². The quantitative estimate of drug-likeness (QED) is 0.765.